The third kappa shape index (κ3) is 6.24. The quantitative estimate of drug-likeness (QED) is 0.141. The number of hydrogen-bond donors (Lipinski definition) is 2. The number of thioether (sulfide) groups is 2. The van der Waals surface area contributed by atoms with E-state index in [1.807, 2.05) is 85.1 Å². The van der Waals surface area contributed by atoms with Crippen LogP contribution in [0.25, 0.3) is 0 Å². The number of aromatic amines is 1. The molecule has 2 aromatic heterocycles. The molecule has 1 unspecified atom stereocenters. The number of hydrogen-bond acceptors (Lipinski definition) is 10. The molecule has 220 valence electrons. The van der Waals surface area contributed by atoms with E-state index in [0.29, 0.717) is 17.3 Å². The predicted octanol–water partition coefficient (Wildman–Crippen LogP) is 4.36. The topological polar surface area (TPSA) is 130 Å². The number of H-pyrrole nitrogens is 1. The normalized spacial score (nSPS) is 18.7. The molecule has 43 heavy (non-hydrogen) atoms. The lowest BCUT2D eigenvalue weighted by molar-refractivity contribution is -0.154. The number of ether oxygens (including phenoxy) is 1. The summed E-state index contributed by atoms with van der Waals surface area (Å²) < 4.78 is 6.26. The summed E-state index contributed by atoms with van der Waals surface area (Å²) >= 11 is 4.39. The van der Waals surface area contributed by atoms with Crippen LogP contribution in [0.5, 0.6) is 0 Å². The fraction of sp³-hybridized carbons (Fsp3) is 0.267. The third-order valence-electron chi connectivity index (χ3n) is 7.19. The number of tetrazole rings is 1. The second kappa shape index (κ2) is 13.1. The van der Waals surface area contributed by atoms with Gasteiger partial charge in [-0.1, -0.05) is 85.4 Å². The molecule has 6 rings (SSSR count). The molecule has 0 aliphatic carbocycles. The second-order valence-corrected chi connectivity index (χ2v) is 13.2. The maximum atomic E-state index is 14.2. The van der Waals surface area contributed by atoms with E-state index in [2.05, 4.69) is 25.9 Å². The molecule has 2 N–H and O–H groups in total. The number of carbonyl (C=O) groups is 3. The lowest BCUT2D eigenvalue weighted by atomic mass is 9.99. The summed E-state index contributed by atoms with van der Waals surface area (Å²) in [5.74, 6) is -0.688. The molecule has 2 aliphatic heterocycles. The molecular weight excluding hydrogens is 605 g/mol. The predicted molar refractivity (Wildman–Crippen MR) is 165 cm³/mol. The van der Waals surface area contributed by atoms with E-state index in [1.54, 1.807) is 0 Å². The highest BCUT2D eigenvalue weighted by Gasteiger charge is 2.55. The van der Waals surface area contributed by atoms with Gasteiger partial charge in [0.2, 0.25) is 11.1 Å². The van der Waals surface area contributed by atoms with E-state index in [1.165, 1.54) is 39.8 Å². The monoisotopic (exact) mass is 632 g/mol. The lowest BCUT2D eigenvalue weighted by Crippen LogP contribution is -2.71. The number of benzene rings is 2. The first kappa shape index (κ1) is 29.1. The maximum Gasteiger partial charge on any atom is 0.356 e. The first-order valence-corrected chi connectivity index (χ1v) is 16.5. The first-order valence-electron chi connectivity index (χ1n) is 13.7. The molecule has 13 heteroatoms. The minimum absolute atomic E-state index is 0.198. The minimum Gasteiger partial charge on any atom is -0.448 e. The van der Waals surface area contributed by atoms with Gasteiger partial charge in [0.15, 0.2) is 6.10 Å². The van der Waals surface area contributed by atoms with E-state index in [4.69, 9.17) is 4.74 Å². The Kier molecular flexibility index (Phi) is 8.91. The number of rotatable bonds is 11. The summed E-state index contributed by atoms with van der Waals surface area (Å²) in [6, 6.07) is 22.1. The van der Waals surface area contributed by atoms with E-state index >= 15 is 0 Å². The number of esters is 1. The van der Waals surface area contributed by atoms with Crippen molar-refractivity contribution in [1.29, 1.82) is 0 Å². The van der Waals surface area contributed by atoms with Crippen molar-refractivity contribution in [2.75, 3.05) is 5.75 Å². The Balaban J connectivity index is 1.31. The number of nitrogens with one attached hydrogen (secondary N) is 2. The van der Waals surface area contributed by atoms with E-state index in [0.717, 1.165) is 21.6 Å². The molecule has 2 aromatic carbocycles. The second-order valence-electron chi connectivity index (χ2n) is 9.90. The van der Waals surface area contributed by atoms with Crippen molar-refractivity contribution in [3.05, 3.63) is 105 Å². The van der Waals surface area contributed by atoms with Gasteiger partial charge in [-0.3, -0.25) is 14.5 Å². The lowest BCUT2D eigenvalue weighted by Gasteiger charge is -2.50. The van der Waals surface area contributed by atoms with Crippen molar-refractivity contribution in [2.45, 2.75) is 47.7 Å². The molecule has 0 radical (unpaired) electrons. The molecule has 0 saturated carbocycles. The van der Waals surface area contributed by atoms with Gasteiger partial charge in [0.1, 0.15) is 17.1 Å². The van der Waals surface area contributed by atoms with Gasteiger partial charge in [-0.05, 0) is 39.8 Å². The van der Waals surface area contributed by atoms with Crippen LogP contribution in [0.2, 0.25) is 0 Å². The SMILES string of the molecule is CCC(Sc1nn[nH]n1)C1=C(C(=O)OC(c2ccccc2)c2ccccc2)N2C(=O)[C@@H](NC(=O)Cc3cccs3)[C@H]2SC1. The summed E-state index contributed by atoms with van der Waals surface area (Å²) in [5.41, 5.74) is 2.61. The van der Waals surface area contributed by atoms with Crippen LogP contribution < -0.4 is 5.32 Å². The van der Waals surface area contributed by atoms with Crippen LogP contribution in [-0.2, 0) is 25.5 Å². The Morgan fingerprint density at radius 3 is 2.42 bits per heavy atom. The molecule has 2 aliphatic rings. The standard InChI is InChI=1S/C30H28N6O4S3/c1-2-22(43-30-32-34-35-33-30)21-17-42-28-24(31-23(37)16-20-14-9-15-41-20)27(38)36(28)25(21)29(39)40-26(18-10-5-3-6-11-18)19-12-7-4-8-13-19/h3-15,22,24,26,28H,2,16-17H2,1H3,(H,31,37)(H,32,33,34,35)/t22?,24-,28-/m1/s1. The molecule has 1 saturated heterocycles. The van der Waals surface area contributed by atoms with Crippen LogP contribution >= 0.6 is 34.9 Å². The number of carbonyl (C=O) groups excluding carboxylic acids is 3. The molecule has 1 fully saturated rings. The van der Waals surface area contributed by atoms with Crippen molar-refractivity contribution in [2.24, 2.45) is 0 Å². The fourth-order valence-corrected chi connectivity index (χ4v) is 8.32. The van der Waals surface area contributed by atoms with Gasteiger partial charge in [-0.15, -0.1) is 33.3 Å². The zero-order valence-electron chi connectivity index (χ0n) is 23.1. The van der Waals surface area contributed by atoms with Gasteiger partial charge >= 0.3 is 5.97 Å². The van der Waals surface area contributed by atoms with Crippen molar-refractivity contribution >= 4 is 52.6 Å². The number of β-lactam (4-membered cyclic amide) rings is 1. The Morgan fingerprint density at radius 1 is 1.09 bits per heavy atom. The van der Waals surface area contributed by atoms with Crippen molar-refractivity contribution in [3.63, 3.8) is 0 Å². The third-order valence-corrected chi connectivity index (χ3v) is 10.6. The van der Waals surface area contributed by atoms with Crippen LogP contribution in [0.3, 0.4) is 0 Å². The number of aromatic nitrogens is 4. The Labute approximate surface area is 260 Å². The average molecular weight is 633 g/mol. The number of thiophene rings is 1. The van der Waals surface area contributed by atoms with E-state index < -0.39 is 23.5 Å². The van der Waals surface area contributed by atoms with Crippen LogP contribution in [0.1, 0.15) is 35.5 Å². The Hall–Kier alpha value is -3.94. The smallest absolute Gasteiger partial charge is 0.356 e. The number of nitrogens with zero attached hydrogens (tertiary/aromatic N) is 4. The molecule has 0 bridgehead atoms. The van der Waals surface area contributed by atoms with Crippen molar-refractivity contribution < 1.29 is 19.1 Å². The molecule has 0 spiro atoms. The van der Waals surface area contributed by atoms with Crippen LogP contribution in [-0.4, -0.2) is 65.7 Å². The molecule has 4 heterocycles. The summed E-state index contributed by atoms with van der Waals surface area (Å²) in [7, 11) is 0. The maximum absolute atomic E-state index is 14.2. The number of amides is 2. The molecule has 3 atom stereocenters. The zero-order chi connectivity index (χ0) is 29.8. The highest BCUT2D eigenvalue weighted by atomic mass is 32.2. The highest BCUT2D eigenvalue weighted by Crippen LogP contribution is 2.45. The summed E-state index contributed by atoms with van der Waals surface area (Å²) in [6.07, 6.45) is 0.170. The van der Waals surface area contributed by atoms with Gasteiger partial charge in [0, 0.05) is 15.9 Å². The summed E-state index contributed by atoms with van der Waals surface area (Å²) in [6.45, 7) is 2.01. The Morgan fingerprint density at radius 2 is 1.81 bits per heavy atom. The van der Waals surface area contributed by atoms with Crippen LogP contribution in [0.15, 0.2) is 94.6 Å². The van der Waals surface area contributed by atoms with Gasteiger partial charge in [-0.2, -0.15) is 5.21 Å². The molecule has 10 nitrogen and oxygen atoms in total. The average Bonchev–Trinajstić information content (AvgIpc) is 3.76. The molecule has 4 aromatic rings. The highest BCUT2D eigenvalue weighted by molar-refractivity contribution is 8.01. The molecule has 2 amide bonds. The van der Waals surface area contributed by atoms with Crippen molar-refractivity contribution in [1.82, 2.24) is 30.8 Å². The van der Waals surface area contributed by atoms with Gasteiger partial charge in [-0.25, -0.2) is 4.79 Å². The zero-order valence-corrected chi connectivity index (χ0v) is 25.5. The fourth-order valence-electron chi connectivity index (χ4n) is 5.15. The van der Waals surface area contributed by atoms with Crippen molar-refractivity contribution in [3.8, 4) is 0 Å². The van der Waals surface area contributed by atoms with E-state index in [9.17, 15) is 14.4 Å². The largest absolute Gasteiger partial charge is 0.448 e. The first-order chi connectivity index (χ1) is 21.0. The van der Waals surface area contributed by atoms with Gasteiger partial charge in [0.05, 0.1) is 6.42 Å². The molecular formula is C30H28N6O4S3. The summed E-state index contributed by atoms with van der Waals surface area (Å²) in [4.78, 5) is 43.1. The summed E-state index contributed by atoms with van der Waals surface area (Å²) in [5, 5.41) is 18.9. The number of fused-ring (bicyclic) bond motifs is 1. The Bertz CT molecular complexity index is 1560. The minimum atomic E-state index is -0.731. The van der Waals surface area contributed by atoms with Crippen LogP contribution in [0, 0.1) is 0 Å². The van der Waals surface area contributed by atoms with Gasteiger partial charge < -0.3 is 10.1 Å². The van der Waals surface area contributed by atoms with Gasteiger partial charge in [0.25, 0.3) is 5.91 Å². The van der Waals surface area contributed by atoms with Crippen LogP contribution in [0.4, 0.5) is 0 Å². The van der Waals surface area contributed by atoms with E-state index in [-0.39, 0.29) is 29.2 Å².